The maximum Gasteiger partial charge on any atom is 0.258 e. The molecule has 0 spiro atoms. The summed E-state index contributed by atoms with van der Waals surface area (Å²) >= 11 is 0. The first-order valence-electron chi connectivity index (χ1n) is 6.84. The van der Waals surface area contributed by atoms with E-state index in [9.17, 15) is 23.8 Å². The molecule has 3 N–H and O–H groups in total. The summed E-state index contributed by atoms with van der Waals surface area (Å²) in [6, 6.07) is 10.7. The highest BCUT2D eigenvalue weighted by Crippen LogP contribution is 2.45. The molecule has 1 aromatic heterocycles. The lowest BCUT2D eigenvalue weighted by Gasteiger charge is -2.02. The van der Waals surface area contributed by atoms with Gasteiger partial charge in [-0.1, -0.05) is 18.2 Å². The van der Waals surface area contributed by atoms with E-state index in [2.05, 4.69) is 5.32 Å². The van der Waals surface area contributed by atoms with Gasteiger partial charge in [-0.25, -0.2) is 8.78 Å². The Morgan fingerprint density at radius 3 is 2.38 bits per heavy atom. The maximum atomic E-state index is 13.8. The molecule has 24 heavy (non-hydrogen) atoms. The van der Waals surface area contributed by atoms with Crippen LogP contribution in [0.3, 0.4) is 0 Å². The van der Waals surface area contributed by atoms with Gasteiger partial charge in [-0.3, -0.25) is 10.1 Å². The SMILES string of the molecule is O=C(Nc1oc(-c2ccc(F)cc2F)c(O)c1O)c1ccccc1. The second-order valence-corrected chi connectivity index (χ2v) is 4.90. The van der Waals surface area contributed by atoms with Crippen molar-refractivity contribution in [1.82, 2.24) is 0 Å². The van der Waals surface area contributed by atoms with Crippen LogP contribution in [0.15, 0.2) is 52.9 Å². The third-order valence-electron chi connectivity index (χ3n) is 3.30. The summed E-state index contributed by atoms with van der Waals surface area (Å²) in [7, 11) is 0. The van der Waals surface area contributed by atoms with Crippen molar-refractivity contribution in [3.8, 4) is 22.8 Å². The highest BCUT2D eigenvalue weighted by atomic mass is 19.1. The molecule has 0 saturated heterocycles. The van der Waals surface area contributed by atoms with Crippen LogP contribution in [0.4, 0.5) is 14.7 Å². The normalized spacial score (nSPS) is 10.6. The van der Waals surface area contributed by atoms with Crippen molar-refractivity contribution in [2.24, 2.45) is 0 Å². The maximum absolute atomic E-state index is 13.8. The number of hydrogen-bond donors (Lipinski definition) is 3. The molecule has 7 heteroatoms. The fourth-order valence-corrected chi connectivity index (χ4v) is 2.12. The van der Waals surface area contributed by atoms with E-state index in [0.29, 0.717) is 11.6 Å². The first-order valence-corrected chi connectivity index (χ1v) is 6.84. The third-order valence-corrected chi connectivity index (χ3v) is 3.30. The fourth-order valence-electron chi connectivity index (χ4n) is 2.12. The summed E-state index contributed by atoms with van der Waals surface area (Å²) < 4.78 is 31.9. The van der Waals surface area contributed by atoms with Crippen LogP contribution < -0.4 is 5.32 Å². The van der Waals surface area contributed by atoms with E-state index in [1.54, 1.807) is 18.2 Å². The molecule has 1 amide bonds. The molecular weight excluding hydrogens is 320 g/mol. The van der Waals surface area contributed by atoms with Crippen molar-refractivity contribution in [1.29, 1.82) is 0 Å². The summed E-state index contributed by atoms with van der Waals surface area (Å²) in [5, 5.41) is 22.0. The van der Waals surface area contributed by atoms with Crippen molar-refractivity contribution >= 4 is 11.8 Å². The van der Waals surface area contributed by atoms with Crippen molar-refractivity contribution in [3.05, 3.63) is 65.7 Å². The van der Waals surface area contributed by atoms with Gasteiger partial charge in [0.15, 0.2) is 5.76 Å². The first kappa shape index (κ1) is 15.5. The van der Waals surface area contributed by atoms with E-state index < -0.39 is 40.7 Å². The number of furan rings is 1. The van der Waals surface area contributed by atoms with Gasteiger partial charge in [0.1, 0.15) is 11.6 Å². The van der Waals surface area contributed by atoms with Gasteiger partial charge in [0.25, 0.3) is 5.91 Å². The van der Waals surface area contributed by atoms with E-state index in [4.69, 9.17) is 4.42 Å². The number of benzene rings is 2. The number of carbonyl (C=O) groups is 1. The van der Waals surface area contributed by atoms with Crippen LogP contribution in [0.2, 0.25) is 0 Å². The highest BCUT2D eigenvalue weighted by molar-refractivity contribution is 6.04. The van der Waals surface area contributed by atoms with Crippen molar-refractivity contribution in [2.75, 3.05) is 5.32 Å². The summed E-state index contributed by atoms with van der Waals surface area (Å²) in [6.07, 6.45) is 0. The van der Waals surface area contributed by atoms with Gasteiger partial charge < -0.3 is 14.6 Å². The number of anilines is 1. The van der Waals surface area contributed by atoms with Gasteiger partial charge in [-0.15, -0.1) is 0 Å². The zero-order valence-corrected chi connectivity index (χ0v) is 12.1. The van der Waals surface area contributed by atoms with Crippen LogP contribution in [0.25, 0.3) is 11.3 Å². The van der Waals surface area contributed by atoms with Gasteiger partial charge in [0.2, 0.25) is 17.4 Å². The van der Waals surface area contributed by atoms with Gasteiger partial charge in [-0.2, -0.15) is 0 Å². The summed E-state index contributed by atoms with van der Waals surface area (Å²) in [6.45, 7) is 0. The second-order valence-electron chi connectivity index (χ2n) is 4.90. The molecule has 1 heterocycles. The Morgan fingerprint density at radius 2 is 1.71 bits per heavy atom. The zero-order chi connectivity index (χ0) is 17.3. The zero-order valence-electron chi connectivity index (χ0n) is 12.1. The van der Waals surface area contributed by atoms with Crippen LogP contribution in [-0.2, 0) is 0 Å². The molecule has 0 bridgehead atoms. The Balaban J connectivity index is 1.95. The second kappa shape index (κ2) is 6.04. The van der Waals surface area contributed by atoms with E-state index in [0.717, 1.165) is 12.1 Å². The Bertz CT molecular complexity index is 906. The number of rotatable bonds is 3. The molecular formula is C17H11F2NO4. The average Bonchev–Trinajstić information content (AvgIpc) is 2.84. The van der Waals surface area contributed by atoms with Crippen LogP contribution in [0.1, 0.15) is 10.4 Å². The molecule has 5 nitrogen and oxygen atoms in total. The first-order chi connectivity index (χ1) is 11.5. The van der Waals surface area contributed by atoms with Crippen LogP contribution >= 0.6 is 0 Å². The molecule has 3 rings (SSSR count). The topological polar surface area (TPSA) is 82.7 Å². The van der Waals surface area contributed by atoms with Crippen molar-refractivity contribution in [3.63, 3.8) is 0 Å². The molecule has 0 atom stereocenters. The molecule has 0 radical (unpaired) electrons. The van der Waals surface area contributed by atoms with E-state index in [1.807, 2.05) is 0 Å². The minimum atomic E-state index is -0.986. The van der Waals surface area contributed by atoms with E-state index in [1.165, 1.54) is 12.1 Å². The van der Waals surface area contributed by atoms with Crippen molar-refractivity contribution in [2.45, 2.75) is 0 Å². The predicted molar refractivity (Wildman–Crippen MR) is 81.8 cm³/mol. The monoisotopic (exact) mass is 331 g/mol. The molecule has 0 aliphatic heterocycles. The number of hydrogen-bond acceptors (Lipinski definition) is 4. The van der Waals surface area contributed by atoms with Gasteiger partial charge in [-0.05, 0) is 24.3 Å². The Morgan fingerprint density at radius 1 is 1.00 bits per heavy atom. The molecule has 0 aliphatic carbocycles. The number of aromatic hydroxyl groups is 2. The van der Waals surface area contributed by atoms with Gasteiger partial charge >= 0.3 is 0 Å². The lowest BCUT2D eigenvalue weighted by atomic mass is 10.1. The fraction of sp³-hybridized carbons (Fsp3) is 0. The van der Waals surface area contributed by atoms with Crippen LogP contribution in [0.5, 0.6) is 11.5 Å². The Hall–Kier alpha value is -3.35. The van der Waals surface area contributed by atoms with Crippen LogP contribution in [0, 0.1) is 11.6 Å². The smallest absolute Gasteiger partial charge is 0.258 e. The van der Waals surface area contributed by atoms with Crippen molar-refractivity contribution < 1.29 is 28.2 Å². The summed E-state index contributed by atoms with van der Waals surface area (Å²) in [5.74, 6) is -4.76. The Kier molecular flexibility index (Phi) is 3.91. The average molecular weight is 331 g/mol. The number of nitrogens with one attached hydrogen (secondary N) is 1. The molecule has 0 unspecified atom stereocenters. The largest absolute Gasteiger partial charge is 0.502 e. The lowest BCUT2D eigenvalue weighted by molar-refractivity contribution is 0.102. The standard InChI is InChI=1S/C17H11F2NO4/c18-10-6-7-11(12(19)8-10)15-13(21)14(22)17(24-15)20-16(23)9-4-2-1-3-5-9/h1-8,21-22H,(H,20,23). The highest BCUT2D eigenvalue weighted by Gasteiger charge is 2.24. The molecule has 2 aromatic carbocycles. The predicted octanol–water partition coefficient (Wildman–Crippen LogP) is 3.89. The number of carbonyl (C=O) groups excluding carboxylic acids is 1. The molecule has 0 aliphatic rings. The number of amides is 1. The minimum absolute atomic E-state index is 0.260. The Labute approximate surface area is 134 Å². The summed E-state index contributed by atoms with van der Waals surface area (Å²) in [4.78, 5) is 12.0. The summed E-state index contributed by atoms with van der Waals surface area (Å²) in [5.41, 5.74) is 0.0340. The third kappa shape index (κ3) is 2.79. The van der Waals surface area contributed by atoms with E-state index in [-0.39, 0.29) is 5.56 Å². The minimum Gasteiger partial charge on any atom is -0.502 e. The van der Waals surface area contributed by atoms with Crippen LogP contribution in [-0.4, -0.2) is 16.1 Å². The number of halogens is 2. The van der Waals surface area contributed by atoms with Gasteiger partial charge in [0, 0.05) is 11.6 Å². The van der Waals surface area contributed by atoms with E-state index >= 15 is 0 Å². The molecule has 0 saturated carbocycles. The quantitative estimate of drug-likeness (QED) is 0.680. The van der Waals surface area contributed by atoms with Gasteiger partial charge in [0.05, 0.1) is 5.56 Å². The molecule has 0 fully saturated rings. The molecule has 122 valence electrons. The lowest BCUT2D eigenvalue weighted by Crippen LogP contribution is -2.11. The molecule has 3 aromatic rings.